The fourth-order valence-corrected chi connectivity index (χ4v) is 3.74. The SMILES string of the molecule is O=C(O)c1cc(N2C(=O)C(=Cc3ccccc3Cl)SC2=S)ccc1O. The van der Waals surface area contributed by atoms with Crippen molar-refractivity contribution in [1.29, 1.82) is 0 Å². The van der Waals surface area contributed by atoms with Crippen molar-refractivity contribution in [3.63, 3.8) is 0 Å². The normalized spacial score (nSPS) is 15.9. The highest BCUT2D eigenvalue weighted by atomic mass is 35.5. The minimum absolute atomic E-state index is 0.269. The number of anilines is 1. The average molecular weight is 392 g/mol. The molecule has 8 heteroatoms. The number of thiocarbonyl (C=S) groups is 1. The van der Waals surface area contributed by atoms with E-state index in [1.165, 1.54) is 23.1 Å². The van der Waals surface area contributed by atoms with Crippen molar-refractivity contribution >= 4 is 63.5 Å². The molecule has 126 valence electrons. The molecule has 0 aliphatic carbocycles. The summed E-state index contributed by atoms with van der Waals surface area (Å²) in [6, 6.07) is 10.9. The van der Waals surface area contributed by atoms with E-state index in [2.05, 4.69) is 0 Å². The number of hydrogen-bond acceptors (Lipinski definition) is 5. The van der Waals surface area contributed by atoms with Crippen LogP contribution in [0.3, 0.4) is 0 Å². The van der Waals surface area contributed by atoms with Gasteiger partial charge in [-0.1, -0.05) is 53.8 Å². The van der Waals surface area contributed by atoms with Crippen molar-refractivity contribution < 1.29 is 19.8 Å². The number of carbonyl (C=O) groups excluding carboxylic acids is 1. The molecular weight excluding hydrogens is 382 g/mol. The van der Waals surface area contributed by atoms with Gasteiger partial charge in [-0.3, -0.25) is 9.69 Å². The molecule has 1 aliphatic rings. The second-order valence-electron chi connectivity index (χ2n) is 5.05. The van der Waals surface area contributed by atoms with Crippen LogP contribution in [0.25, 0.3) is 6.08 Å². The first-order valence-corrected chi connectivity index (χ1v) is 8.57. The van der Waals surface area contributed by atoms with Crippen molar-refractivity contribution in [1.82, 2.24) is 0 Å². The highest BCUT2D eigenvalue weighted by Gasteiger charge is 2.34. The quantitative estimate of drug-likeness (QED) is 0.604. The van der Waals surface area contributed by atoms with Crippen LogP contribution >= 0.6 is 35.6 Å². The van der Waals surface area contributed by atoms with Gasteiger partial charge in [0.05, 0.1) is 10.6 Å². The molecule has 0 bridgehead atoms. The number of rotatable bonds is 3. The van der Waals surface area contributed by atoms with Crippen molar-refractivity contribution in [2.45, 2.75) is 0 Å². The number of aromatic carboxylic acids is 1. The summed E-state index contributed by atoms with van der Waals surface area (Å²) < 4.78 is 0.269. The maximum atomic E-state index is 12.7. The fraction of sp³-hybridized carbons (Fsp3) is 0. The van der Waals surface area contributed by atoms with Crippen LogP contribution in [0.15, 0.2) is 47.4 Å². The Morgan fingerprint density at radius 3 is 2.64 bits per heavy atom. The zero-order valence-corrected chi connectivity index (χ0v) is 14.9. The molecule has 1 aliphatic heterocycles. The predicted molar refractivity (Wildman–Crippen MR) is 102 cm³/mol. The number of amides is 1. The van der Waals surface area contributed by atoms with Crippen LogP contribution in [0.5, 0.6) is 5.75 Å². The third-order valence-corrected chi connectivity index (χ3v) is 5.10. The van der Waals surface area contributed by atoms with Gasteiger partial charge in [0.15, 0.2) is 4.32 Å². The number of hydrogen-bond donors (Lipinski definition) is 2. The number of carboxylic acid groups (broad SMARTS) is 1. The van der Waals surface area contributed by atoms with Gasteiger partial charge in [-0.15, -0.1) is 0 Å². The Balaban J connectivity index is 1.99. The van der Waals surface area contributed by atoms with E-state index in [-0.39, 0.29) is 27.2 Å². The van der Waals surface area contributed by atoms with E-state index in [0.29, 0.717) is 15.5 Å². The molecule has 2 N–H and O–H groups in total. The monoisotopic (exact) mass is 391 g/mol. The number of aromatic hydroxyl groups is 1. The van der Waals surface area contributed by atoms with E-state index < -0.39 is 5.97 Å². The van der Waals surface area contributed by atoms with Gasteiger partial charge >= 0.3 is 5.97 Å². The first kappa shape index (κ1) is 17.5. The molecule has 3 rings (SSSR count). The summed E-state index contributed by atoms with van der Waals surface area (Å²) in [4.78, 5) is 25.5. The van der Waals surface area contributed by atoms with Crippen LogP contribution in [-0.4, -0.2) is 26.4 Å². The summed E-state index contributed by atoms with van der Waals surface area (Å²) in [5.41, 5.74) is 0.656. The summed E-state index contributed by atoms with van der Waals surface area (Å²) in [6.45, 7) is 0. The molecule has 2 aromatic carbocycles. The summed E-state index contributed by atoms with van der Waals surface area (Å²) in [5.74, 6) is -2.05. The van der Waals surface area contributed by atoms with Gasteiger partial charge in [0.1, 0.15) is 11.3 Å². The smallest absolute Gasteiger partial charge is 0.339 e. The Bertz CT molecular complexity index is 942. The van der Waals surface area contributed by atoms with Crippen molar-refractivity contribution in [3.05, 3.63) is 63.5 Å². The summed E-state index contributed by atoms with van der Waals surface area (Å²) in [5, 5.41) is 19.2. The summed E-state index contributed by atoms with van der Waals surface area (Å²) >= 11 is 12.5. The lowest BCUT2D eigenvalue weighted by molar-refractivity contribution is -0.113. The zero-order chi connectivity index (χ0) is 18.1. The van der Waals surface area contributed by atoms with Crippen LogP contribution in [0.2, 0.25) is 5.02 Å². The topological polar surface area (TPSA) is 77.8 Å². The van der Waals surface area contributed by atoms with Gasteiger partial charge in [-0.05, 0) is 35.9 Å². The second kappa shape index (κ2) is 6.87. The summed E-state index contributed by atoms with van der Waals surface area (Å²) in [7, 11) is 0. The first-order valence-electron chi connectivity index (χ1n) is 6.97. The molecule has 1 heterocycles. The van der Waals surface area contributed by atoms with E-state index in [1.807, 2.05) is 0 Å². The van der Waals surface area contributed by atoms with E-state index >= 15 is 0 Å². The predicted octanol–water partition coefficient (Wildman–Crippen LogP) is 4.15. The molecule has 5 nitrogen and oxygen atoms in total. The first-order chi connectivity index (χ1) is 11.9. The third-order valence-electron chi connectivity index (χ3n) is 3.45. The molecular formula is C17H10ClNO4S2. The van der Waals surface area contributed by atoms with Crippen LogP contribution in [0.1, 0.15) is 15.9 Å². The molecule has 0 spiro atoms. The molecule has 0 saturated carbocycles. The van der Waals surface area contributed by atoms with E-state index in [9.17, 15) is 14.7 Å². The Morgan fingerprint density at radius 2 is 1.96 bits per heavy atom. The van der Waals surface area contributed by atoms with Crippen LogP contribution in [0.4, 0.5) is 5.69 Å². The number of thioether (sulfide) groups is 1. The molecule has 0 atom stereocenters. The van der Waals surface area contributed by atoms with E-state index in [4.69, 9.17) is 28.9 Å². The Hall–Kier alpha value is -2.35. The maximum Gasteiger partial charge on any atom is 0.339 e. The average Bonchev–Trinajstić information content (AvgIpc) is 2.84. The maximum absolute atomic E-state index is 12.7. The van der Waals surface area contributed by atoms with E-state index in [0.717, 1.165) is 11.8 Å². The number of nitrogens with zero attached hydrogens (tertiary/aromatic N) is 1. The van der Waals surface area contributed by atoms with Gasteiger partial charge in [0, 0.05) is 5.02 Å². The van der Waals surface area contributed by atoms with Crippen molar-refractivity contribution in [3.8, 4) is 5.75 Å². The standard InChI is InChI=1S/C17H10ClNO4S2/c18-12-4-2-1-3-9(12)7-14-15(21)19(17(24)25-14)10-5-6-13(20)11(8-10)16(22)23/h1-8,20H,(H,22,23). The minimum Gasteiger partial charge on any atom is -0.507 e. The highest BCUT2D eigenvalue weighted by molar-refractivity contribution is 8.27. The highest BCUT2D eigenvalue weighted by Crippen LogP contribution is 2.37. The molecule has 1 amide bonds. The minimum atomic E-state index is -1.29. The zero-order valence-electron chi connectivity index (χ0n) is 12.5. The lowest BCUT2D eigenvalue weighted by atomic mass is 10.1. The third kappa shape index (κ3) is 3.39. The summed E-state index contributed by atoms with van der Waals surface area (Å²) in [6.07, 6.45) is 1.64. The van der Waals surface area contributed by atoms with Gasteiger partial charge in [0.25, 0.3) is 5.91 Å². The number of carbonyl (C=O) groups is 2. The van der Waals surface area contributed by atoms with Gasteiger partial charge < -0.3 is 10.2 Å². The van der Waals surface area contributed by atoms with E-state index in [1.54, 1.807) is 30.3 Å². The molecule has 1 saturated heterocycles. The lowest BCUT2D eigenvalue weighted by Gasteiger charge is -2.15. The Morgan fingerprint density at radius 1 is 1.24 bits per heavy atom. The molecule has 0 unspecified atom stereocenters. The second-order valence-corrected chi connectivity index (χ2v) is 7.13. The van der Waals surface area contributed by atoms with Crippen molar-refractivity contribution in [2.24, 2.45) is 0 Å². The van der Waals surface area contributed by atoms with Gasteiger partial charge in [-0.25, -0.2) is 4.79 Å². The van der Waals surface area contributed by atoms with Gasteiger partial charge in [0.2, 0.25) is 0 Å². The van der Waals surface area contributed by atoms with Crippen LogP contribution in [0, 0.1) is 0 Å². The van der Waals surface area contributed by atoms with Crippen molar-refractivity contribution in [2.75, 3.05) is 4.90 Å². The molecule has 25 heavy (non-hydrogen) atoms. The Kier molecular flexibility index (Phi) is 4.80. The number of benzene rings is 2. The molecule has 2 aromatic rings. The number of carboxylic acids is 1. The largest absolute Gasteiger partial charge is 0.507 e. The Labute approximate surface area is 157 Å². The van der Waals surface area contributed by atoms with Crippen LogP contribution < -0.4 is 4.90 Å². The molecule has 0 aromatic heterocycles. The molecule has 0 radical (unpaired) electrons. The number of phenols is 1. The van der Waals surface area contributed by atoms with Crippen LogP contribution in [-0.2, 0) is 4.79 Å². The van der Waals surface area contributed by atoms with Gasteiger partial charge in [-0.2, -0.15) is 0 Å². The molecule has 1 fully saturated rings. The fourth-order valence-electron chi connectivity index (χ4n) is 2.26. The number of halogens is 1. The lowest BCUT2D eigenvalue weighted by Crippen LogP contribution is -2.27.